The summed E-state index contributed by atoms with van der Waals surface area (Å²) in [6.45, 7) is 3.96. The molecule has 0 spiro atoms. The molecule has 37 heavy (non-hydrogen) atoms. The van der Waals surface area contributed by atoms with Gasteiger partial charge in [0.2, 0.25) is 5.95 Å². The van der Waals surface area contributed by atoms with Gasteiger partial charge in [-0.15, -0.1) is 24.8 Å². The second-order valence-electron chi connectivity index (χ2n) is 8.51. The van der Waals surface area contributed by atoms with Crippen molar-refractivity contribution in [2.45, 2.75) is 38.8 Å². The number of anilines is 4. The molecular weight excluding hydrogens is 515 g/mol. The first-order valence-corrected chi connectivity index (χ1v) is 11.8. The number of aryl methyl sites for hydroxylation is 1. The topological polar surface area (TPSA) is 115 Å². The van der Waals surface area contributed by atoms with Crippen LogP contribution in [0.3, 0.4) is 0 Å². The Kier molecular flexibility index (Phi) is 11.7. The number of ether oxygens (including phenoxy) is 2. The van der Waals surface area contributed by atoms with Crippen molar-refractivity contribution in [1.82, 2.24) is 9.97 Å². The van der Waals surface area contributed by atoms with Crippen molar-refractivity contribution in [3.63, 3.8) is 0 Å². The molecule has 1 saturated heterocycles. The molecule has 1 atom stereocenters. The van der Waals surface area contributed by atoms with Gasteiger partial charge in [0.1, 0.15) is 18.2 Å². The van der Waals surface area contributed by atoms with Gasteiger partial charge >= 0.3 is 6.09 Å². The van der Waals surface area contributed by atoms with E-state index in [0.29, 0.717) is 23.1 Å². The molecule has 0 unspecified atom stereocenters. The molecule has 4 N–H and O–H groups in total. The van der Waals surface area contributed by atoms with E-state index in [1.165, 1.54) is 0 Å². The Hall–Kier alpha value is -3.27. The van der Waals surface area contributed by atoms with Crippen LogP contribution in [0.5, 0.6) is 5.75 Å². The minimum absolute atomic E-state index is 0. The van der Waals surface area contributed by atoms with Crippen LogP contribution in [-0.2, 0) is 17.8 Å². The highest BCUT2D eigenvalue weighted by Gasteiger charge is 2.21. The van der Waals surface area contributed by atoms with Crippen LogP contribution in [0, 0.1) is 0 Å². The lowest BCUT2D eigenvalue weighted by Gasteiger charge is -2.19. The van der Waals surface area contributed by atoms with Crippen molar-refractivity contribution >= 4 is 54.0 Å². The van der Waals surface area contributed by atoms with Gasteiger partial charge in [-0.2, -0.15) is 4.98 Å². The van der Waals surface area contributed by atoms with Crippen LogP contribution < -0.4 is 26.0 Å². The molecule has 1 aromatic heterocycles. The number of carbonyl (C=O) groups is 1. The number of benzene rings is 2. The standard InChI is InChI=1S/C26H32N6O3.2ClH/c1-3-7-20-15-24(32-13-12-19(27)16-32)31-25(28-20)29-21-10-11-23(34-2)22(14-21)30-26(33)35-17-18-8-5-4-6-9-18;;/h4-6,8-11,14-15,19H,3,7,12-13,16-17,27H2,1-2H3,(H,30,33)(H,28,29,31);2*1H/t19-;;/m0../s1. The number of carbonyl (C=O) groups excluding carboxylic acids is 1. The van der Waals surface area contributed by atoms with Crippen LogP contribution in [0.4, 0.5) is 27.9 Å². The number of amides is 1. The molecule has 4 rings (SSSR count). The third-order valence-corrected chi connectivity index (χ3v) is 5.73. The van der Waals surface area contributed by atoms with Gasteiger partial charge < -0.3 is 25.4 Å². The maximum absolute atomic E-state index is 12.4. The summed E-state index contributed by atoms with van der Waals surface area (Å²) in [6, 6.07) is 17.1. The minimum Gasteiger partial charge on any atom is -0.495 e. The highest BCUT2D eigenvalue weighted by atomic mass is 35.5. The van der Waals surface area contributed by atoms with Crippen molar-refractivity contribution in [3.8, 4) is 5.75 Å². The average molecular weight is 550 g/mol. The van der Waals surface area contributed by atoms with Gasteiger partial charge in [-0.25, -0.2) is 9.78 Å². The molecule has 1 aliphatic rings. The summed E-state index contributed by atoms with van der Waals surface area (Å²) in [4.78, 5) is 24.0. The monoisotopic (exact) mass is 548 g/mol. The second kappa shape index (κ2) is 14.5. The normalized spacial score (nSPS) is 14.2. The lowest BCUT2D eigenvalue weighted by atomic mass is 10.2. The van der Waals surface area contributed by atoms with Gasteiger partial charge in [0.15, 0.2) is 0 Å². The van der Waals surface area contributed by atoms with E-state index in [1.807, 2.05) is 42.5 Å². The number of aromatic nitrogens is 2. The Labute approximate surface area is 230 Å². The van der Waals surface area contributed by atoms with Gasteiger partial charge in [0.05, 0.1) is 12.8 Å². The molecule has 1 amide bonds. The van der Waals surface area contributed by atoms with Crippen LogP contribution in [0.25, 0.3) is 0 Å². The number of nitrogens with two attached hydrogens (primary N) is 1. The molecule has 0 saturated carbocycles. The smallest absolute Gasteiger partial charge is 0.412 e. The van der Waals surface area contributed by atoms with Crippen molar-refractivity contribution in [1.29, 1.82) is 0 Å². The van der Waals surface area contributed by atoms with Gasteiger partial charge in [-0.1, -0.05) is 43.7 Å². The highest BCUT2D eigenvalue weighted by Crippen LogP contribution is 2.30. The summed E-state index contributed by atoms with van der Waals surface area (Å²) in [5.74, 6) is 1.88. The molecule has 2 aromatic carbocycles. The molecule has 0 aliphatic carbocycles. The summed E-state index contributed by atoms with van der Waals surface area (Å²) in [5.41, 5.74) is 9.17. The number of nitrogens with zero attached hydrogens (tertiary/aromatic N) is 3. The Morgan fingerprint density at radius 2 is 1.92 bits per heavy atom. The molecule has 0 radical (unpaired) electrons. The zero-order valence-electron chi connectivity index (χ0n) is 21.0. The first kappa shape index (κ1) is 30.0. The molecule has 1 fully saturated rings. The summed E-state index contributed by atoms with van der Waals surface area (Å²) in [6.07, 6.45) is 2.21. The maximum Gasteiger partial charge on any atom is 0.412 e. The fourth-order valence-corrected chi connectivity index (χ4v) is 3.96. The number of halogens is 2. The minimum atomic E-state index is -0.571. The molecule has 1 aliphatic heterocycles. The van der Waals surface area contributed by atoms with E-state index in [-0.39, 0.29) is 37.5 Å². The predicted octanol–water partition coefficient (Wildman–Crippen LogP) is 5.31. The average Bonchev–Trinajstić information content (AvgIpc) is 3.30. The molecule has 0 bridgehead atoms. The first-order valence-electron chi connectivity index (χ1n) is 11.8. The number of nitrogens with one attached hydrogen (secondary N) is 2. The molecular formula is C26H34Cl2N6O3. The fourth-order valence-electron chi connectivity index (χ4n) is 3.96. The van der Waals surface area contributed by atoms with E-state index in [2.05, 4.69) is 27.4 Å². The largest absolute Gasteiger partial charge is 0.495 e. The van der Waals surface area contributed by atoms with Crippen LogP contribution in [0.15, 0.2) is 54.6 Å². The van der Waals surface area contributed by atoms with Crippen molar-refractivity contribution in [3.05, 3.63) is 65.9 Å². The quantitative estimate of drug-likeness (QED) is 0.329. The van der Waals surface area contributed by atoms with E-state index in [0.717, 1.165) is 49.4 Å². The number of rotatable bonds is 9. The molecule has 200 valence electrons. The van der Waals surface area contributed by atoms with Gasteiger partial charge in [0.25, 0.3) is 0 Å². The Balaban J connectivity index is 0.00000241. The van der Waals surface area contributed by atoms with Crippen molar-refractivity contribution in [2.75, 3.05) is 35.7 Å². The second-order valence-corrected chi connectivity index (χ2v) is 8.51. The number of methoxy groups -OCH3 is 1. The molecule has 11 heteroatoms. The number of hydrogen-bond donors (Lipinski definition) is 3. The summed E-state index contributed by atoms with van der Waals surface area (Å²) in [5, 5.41) is 6.03. The first-order chi connectivity index (χ1) is 17.0. The van der Waals surface area contributed by atoms with E-state index < -0.39 is 6.09 Å². The SMILES string of the molecule is CCCc1cc(N2CC[C@H](N)C2)nc(Nc2ccc(OC)c(NC(=O)OCc3ccccc3)c2)n1.Cl.Cl. The Morgan fingerprint density at radius 1 is 1.14 bits per heavy atom. The van der Waals surface area contributed by atoms with E-state index >= 15 is 0 Å². The van der Waals surface area contributed by atoms with Crippen LogP contribution in [0.1, 0.15) is 31.0 Å². The Morgan fingerprint density at radius 3 is 2.59 bits per heavy atom. The zero-order valence-corrected chi connectivity index (χ0v) is 22.6. The summed E-state index contributed by atoms with van der Waals surface area (Å²) >= 11 is 0. The van der Waals surface area contributed by atoms with Crippen LogP contribution in [-0.4, -0.2) is 42.3 Å². The van der Waals surface area contributed by atoms with Crippen LogP contribution >= 0.6 is 24.8 Å². The Bertz CT molecular complexity index is 1150. The van der Waals surface area contributed by atoms with Gasteiger partial charge in [0, 0.05) is 36.6 Å². The predicted molar refractivity (Wildman–Crippen MR) is 152 cm³/mol. The van der Waals surface area contributed by atoms with E-state index in [1.54, 1.807) is 19.2 Å². The summed E-state index contributed by atoms with van der Waals surface area (Å²) < 4.78 is 10.8. The lowest BCUT2D eigenvalue weighted by Crippen LogP contribution is -2.27. The van der Waals surface area contributed by atoms with E-state index in [4.69, 9.17) is 20.2 Å². The van der Waals surface area contributed by atoms with E-state index in [9.17, 15) is 4.79 Å². The molecule has 2 heterocycles. The lowest BCUT2D eigenvalue weighted by molar-refractivity contribution is 0.155. The highest BCUT2D eigenvalue weighted by molar-refractivity contribution is 5.88. The van der Waals surface area contributed by atoms with Crippen molar-refractivity contribution in [2.24, 2.45) is 5.73 Å². The summed E-state index contributed by atoms with van der Waals surface area (Å²) in [7, 11) is 1.55. The van der Waals surface area contributed by atoms with Gasteiger partial charge in [-0.05, 0) is 36.6 Å². The number of hydrogen-bond acceptors (Lipinski definition) is 8. The third kappa shape index (κ3) is 8.38. The third-order valence-electron chi connectivity index (χ3n) is 5.73. The fraction of sp³-hybridized carbons (Fsp3) is 0.346. The van der Waals surface area contributed by atoms with Crippen molar-refractivity contribution < 1.29 is 14.3 Å². The van der Waals surface area contributed by atoms with Crippen LogP contribution in [0.2, 0.25) is 0 Å². The maximum atomic E-state index is 12.4. The molecule has 3 aromatic rings. The zero-order chi connectivity index (χ0) is 24.6. The van der Waals surface area contributed by atoms with Gasteiger partial charge in [-0.3, -0.25) is 5.32 Å². The molecule has 9 nitrogen and oxygen atoms in total.